The zero-order valence-electron chi connectivity index (χ0n) is 15.2. The average molecular weight is 436 g/mol. The number of carbonyl (C=O) groups is 1. The van der Waals surface area contributed by atoms with Crippen molar-refractivity contribution in [3.05, 3.63) is 63.6 Å². The van der Waals surface area contributed by atoms with Crippen LogP contribution < -0.4 is 11.2 Å². The van der Waals surface area contributed by atoms with E-state index in [1.807, 2.05) is 12.1 Å². The van der Waals surface area contributed by atoms with Crippen LogP contribution in [0.25, 0.3) is 11.4 Å². The molecule has 0 aliphatic heterocycles. The van der Waals surface area contributed by atoms with Gasteiger partial charge in [-0.1, -0.05) is 59.2 Å². The first-order valence-corrected chi connectivity index (χ1v) is 10.3. The number of amides is 1. The monoisotopic (exact) mass is 435 g/mol. The summed E-state index contributed by atoms with van der Waals surface area (Å²) in [6.45, 7) is 2.64. The quantitative estimate of drug-likeness (QED) is 0.436. The molecule has 0 aliphatic carbocycles. The molecule has 0 aliphatic rings. The number of benzene rings is 2. The zero-order valence-corrected chi connectivity index (χ0v) is 17.5. The van der Waals surface area contributed by atoms with E-state index >= 15 is 0 Å². The molecule has 0 bridgehead atoms. The molecule has 3 N–H and O–H groups in total. The van der Waals surface area contributed by atoms with Crippen molar-refractivity contribution < 1.29 is 4.79 Å². The Balaban J connectivity index is 1.54. The Hall–Kier alpha value is -2.22. The lowest BCUT2D eigenvalue weighted by molar-refractivity contribution is -0.118. The Labute approximate surface area is 177 Å². The predicted molar refractivity (Wildman–Crippen MR) is 114 cm³/mol. The number of nitrogens with zero attached hydrogens (tertiary/aromatic N) is 3. The van der Waals surface area contributed by atoms with E-state index in [0.717, 1.165) is 6.42 Å². The van der Waals surface area contributed by atoms with E-state index in [2.05, 4.69) is 34.6 Å². The molecule has 1 aromatic heterocycles. The molecule has 3 aromatic rings. The minimum atomic E-state index is -0.0901. The van der Waals surface area contributed by atoms with Crippen molar-refractivity contribution in [1.29, 1.82) is 0 Å². The normalized spacial score (nSPS) is 10.8. The minimum Gasteiger partial charge on any atom is -0.355 e. The molecule has 146 valence electrons. The van der Waals surface area contributed by atoms with Crippen molar-refractivity contribution in [2.24, 2.45) is 0 Å². The van der Waals surface area contributed by atoms with Gasteiger partial charge >= 0.3 is 0 Å². The lowest BCUT2D eigenvalue weighted by Crippen LogP contribution is -2.27. The fraction of sp³-hybridized carbons (Fsp3) is 0.211. The molecule has 0 saturated heterocycles. The number of thioether (sulfide) groups is 1. The largest absolute Gasteiger partial charge is 0.355 e. The van der Waals surface area contributed by atoms with Gasteiger partial charge in [0.25, 0.3) is 0 Å². The molecule has 1 heterocycles. The fourth-order valence-corrected chi connectivity index (χ4v) is 3.82. The molecule has 3 rings (SSSR count). The van der Waals surface area contributed by atoms with Gasteiger partial charge in [-0.25, -0.2) is 4.68 Å². The molecule has 0 radical (unpaired) electrons. The average Bonchev–Trinajstić information content (AvgIpc) is 3.02. The SMILES string of the molecule is Cc1ccccc1CCNC(=O)CSc1nnc(-c2ccc(Cl)cc2Cl)n1N. The Bertz CT molecular complexity index is 992. The molecule has 1 amide bonds. The summed E-state index contributed by atoms with van der Waals surface area (Å²) in [5, 5.41) is 12.4. The first-order valence-electron chi connectivity index (χ1n) is 8.55. The van der Waals surface area contributed by atoms with Gasteiger partial charge in [0.1, 0.15) is 0 Å². The highest BCUT2D eigenvalue weighted by Crippen LogP contribution is 2.30. The van der Waals surface area contributed by atoms with Crippen LogP contribution >= 0.6 is 35.0 Å². The summed E-state index contributed by atoms with van der Waals surface area (Å²) in [7, 11) is 0. The van der Waals surface area contributed by atoms with Gasteiger partial charge in [0.05, 0.1) is 10.8 Å². The third-order valence-corrected chi connectivity index (χ3v) is 5.64. The Kier molecular flexibility index (Phi) is 6.83. The molecular weight excluding hydrogens is 417 g/mol. The van der Waals surface area contributed by atoms with Crippen LogP contribution in [0.5, 0.6) is 0 Å². The summed E-state index contributed by atoms with van der Waals surface area (Å²) in [6.07, 6.45) is 0.787. The third kappa shape index (κ3) is 4.98. The maximum atomic E-state index is 12.1. The van der Waals surface area contributed by atoms with Crippen LogP contribution in [-0.4, -0.2) is 33.1 Å². The Morgan fingerprint density at radius 3 is 2.75 bits per heavy atom. The van der Waals surface area contributed by atoms with Crippen LogP contribution in [0.1, 0.15) is 11.1 Å². The van der Waals surface area contributed by atoms with Crippen molar-refractivity contribution in [2.45, 2.75) is 18.5 Å². The summed E-state index contributed by atoms with van der Waals surface area (Å²) in [5.74, 6) is 6.58. The van der Waals surface area contributed by atoms with E-state index in [1.165, 1.54) is 27.6 Å². The molecule has 0 saturated carbocycles. The lowest BCUT2D eigenvalue weighted by atomic mass is 10.1. The number of halogens is 2. The first kappa shape index (κ1) is 20.5. The molecule has 0 atom stereocenters. The second kappa shape index (κ2) is 9.32. The summed E-state index contributed by atoms with van der Waals surface area (Å²) < 4.78 is 1.32. The molecule has 0 unspecified atom stereocenters. The van der Waals surface area contributed by atoms with E-state index in [-0.39, 0.29) is 11.7 Å². The first-order chi connectivity index (χ1) is 13.5. The lowest BCUT2D eigenvalue weighted by Gasteiger charge is -2.08. The van der Waals surface area contributed by atoms with E-state index in [1.54, 1.807) is 18.2 Å². The summed E-state index contributed by atoms with van der Waals surface area (Å²) in [4.78, 5) is 12.1. The second-order valence-corrected chi connectivity index (χ2v) is 7.90. The number of hydrogen-bond donors (Lipinski definition) is 2. The minimum absolute atomic E-state index is 0.0901. The third-order valence-electron chi connectivity index (χ3n) is 4.15. The van der Waals surface area contributed by atoms with E-state index in [9.17, 15) is 4.79 Å². The van der Waals surface area contributed by atoms with Crippen LogP contribution in [0, 0.1) is 6.92 Å². The number of nitrogen functional groups attached to an aromatic ring is 1. The van der Waals surface area contributed by atoms with Gasteiger partial charge in [0.15, 0.2) is 5.82 Å². The predicted octanol–water partition coefficient (Wildman–Crippen LogP) is 3.73. The second-order valence-electron chi connectivity index (χ2n) is 6.12. The van der Waals surface area contributed by atoms with Crippen LogP contribution in [-0.2, 0) is 11.2 Å². The zero-order chi connectivity index (χ0) is 20.1. The van der Waals surface area contributed by atoms with Gasteiger partial charge in [-0.15, -0.1) is 10.2 Å². The summed E-state index contributed by atoms with van der Waals surface area (Å²) in [5.41, 5.74) is 3.06. The van der Waals surface area contributed by atoms with Crippen molar-refractivity contribution in [3.63, 3.8) is 0 Å². The molecule has 9 heteroatoms. The van der Waals surface area contributed by atoms with E-state index in [4.69, 9.17) is 29.0 Å². The highest BCUT2D eigenvalue weighted by molar-refractivity contribution is 7.99. The van der Waals surface area contributed by atoms with Crippen molar-refractivity contribution in [3.8, 4) is 11.4 Å². The Morgan fingerprint density at radius 2 is 2.00 bits per heavy atom. The highest BCUT2D eigenvalue weighted by atomic mass is 35.5. The van der Waals surface area contributed by atoms with Crippen molar-refractivity contribution >= 4 is 40.9 Å². The van der Waals surface area contributed by atoms with Crippen LogP contribution in [0.4, 0.5) is 0 Å². The summed E-state index contributed by atoms with van der Waals surface area (Å²) in [6, 6.07) is 13.2. The fourth-order valence-electron chi connectivity index (χ4n) is 2.64. The molecular formula is C19H19Cl2N5OS. The van der Waals surface area contributed by atoms with Gasteiger partial charge < -0.3 is 11.2 Å². The van der Waals surface area contributed by atoms with Crippen LogP contribution in [0.3, 0.4) is 0 Å². The molecule has 0 fully saturated rings. The summed E-state index contributed by atoms with van der Waals surface area (Å²) >= 11 is 13.3. The molecule has 0 spiro atoms. The van der Waals surface area contributed by atoms with Crippen molar-refractivity contribution in [2.75, 3.05) is 18.1 Å². The number of rotatable bonds is 7. The maximum absolute atomic E-state index is 12.1. The number of aromatic nitrogens is 3. The highest BCUT2D eigenvalue weighted by Gasteiger charge is 2.16. The number of nitrogens with one attached hydrogen (secondary N) is 1. The number of carbonyl (C=O) groups excluding carboxylic acids is 1. The molecule has 2 aromatic carbocycles. The van der Waals surface area contributed by atoms with E-state index in [0.29, 0.717) is 33.1 Å². The van der Waals surface area contributed by atoms with Crippen molar-refractivity contribution in [1.82, 2.24) is 20.2 Å². The number of hydrogen-bond acceptors (Lipinski definition) is 5. The smallest absolute Gasteiger partial charge is 0.230 e. The van der Waals surface area contributed by atoms with Gasteiger partial charge in [-0.05, 0) is 42.7 Å². The molecule has 28 heavy (non-hydrogen) atoms. The number of nitrogens with two attached hydrogens (primary N) is 1. The van der Waals surface area contributed by atoms with Gasteiger partial charge in [0, 0.05) is 17.1 Å². The maximum Gasteiger partial charge on any atom is 0.230 e. The van der Waals surface area contributed by atoms with E-state index < -0.39 is 0 Å². The van der Waals surface area contributed by atoms with Gasteiger partial charge in [0.2, 0.25) is 11.1 Å². The topological polar surface area (TPSA) is 85.8 Å². The van der Waals surface area contributed by atoms with Gasteiger partial charge in [-0.3, -0.25) is 4.79 Å². The van der Waals surface area contributed by atoms with Gasteiger partial charge in [-0.2, -0.15) is 0 Å². The Morgan fingerprint density at radius 1 is 1.21 bits per heavy atom. The van der Waals surface area contributed by atoms with Crippen LogP contribution in [0.15, 0.2) is 47.6 Å². The van der Waals surface area contributed by atoms with Crippen LogP contribution in [0.2, 0.25) is 10.0 Å². The standard InChI is InChI=1S/C19H19Cl2N5OS/c1-12-4-2-3-5-13(12)8-9-23-17(27)11-28-19-25-24-18(26(19)22)15-7-6-14(20)10-16(15)21/h2-7,10H,8-9,11,22H2,1H3,(H,23,27). The molecule has 6 nitrogen and oxygen atoms in total. The number of aryl methyl sites for hydroxylation is 1.